The molecule has 4 nitrogen and oxygen atoms in total. The minimum Gasteiger partial charge on any atom is -0.533 e. The average molecular weight is 300 g/mol. The van der Waals surface area contributed by atoms with Gasteiger partial charge in [0.15, 0.2) is 11.5 Å². The van der Waals surface area contributed by atoms with Crippen LogP contribution in [-0.2, 0) is 4.65 Å². The van der Waals surface area contributed by atoms with Gasteiger partial charge in [-0.25, -0.2) is 0 Å². The number of hydrogen-bond donors (Lipinski definition) is 0. The summed E-state index contributed by atoms with van der Waals surface area (Å²) in [6, 6.07) is 0. The molecule has 0 N–H and O–H groups in total. The Balaban J connectivity index is 3.75. The van der Waals surface area contributed by atoms with Crippen LogP contribution in [0.2, 0.25) is 0 Å². The monoisotopic (exact) mass is 300 g/mol. The van der Waals surface area contributed by atoms with E-state index in [0.29, 0.717) is 16.4 Å². The second-order valence-electron chi connectivity index (χ2n) is 4.33. The van der Waals surface area contributed by atoms with Crippen molar-refractivity contribution in [2.75, 3.05) is 7.11 Å². The fraction of sp³-hybridized carbons (Fsp3) is 0.235. The zero-order chi connectivity index (χ0) is 16.5. The van der Waals surface area contributed by atoms with Crippen LogP contribution in [0.4, 0.5) is 0 Å². The van der Waals surface area contributed by atoms with Crippen molar-refractivity contribution in [2.24, 2.45) is 0 Å². The second kappa shape index (κ2) is 8.90. The zero-order valence-electron chi connectivity index (χ0n) is 13.5. The van der Waals surface area contributed by atoms with E-state index < -0.39 is 0 Å². The molecule has 1 heterocycles. The molecule has 0 aromatic carbocycles. The van der Waals surface area contributed by atoms with E-state index in [1.165, 1.54) is 7.11 Å². The van der Waals surface area contributed by atoms with Gasteiger partial charge in [0, 0.05) is 12.7 Å². The zero-order valence-corrected chi connectivity index (χ0v) is 13.5. The summed E-state index contributed by atoms with van der Waals surface area (Å²) in [4.78, 5) is 12.6. The van der Waals surface area contributed by atoms with E-state index in [-0.39, 0.29) is 18.9 Å². The highest BCUT2D eigenvalue weighted by molar-refractivity contribution is 6.19. The summed E-state index contributed by atoms with van der Waals surface area (Å²) in [6.45, 7) is 9.11. The highest BCUT2D eigenvalue weighted by atomic mass is 16.6. The van der Waals surface area contributed by atoms with Gasteiger partial charge < -0.3 is 13.7 Å². The average Bonchev–Trinajstić information content (AvgIpc) is 2.54. The Bertz CT molecular complexity index is 754. The molecule has 0 atom stereocenters. The summed E-state index contributed by atoms with van der Waals surface area (Å²) >= 11 is 0. The highest BCUT2D eigenvalue weighted by Crippen LogP contribution is 2.22. The SMILES string of the molecule is C=C/C=C\C(=C/C)c1oc(=C/C)/c(=C\C)c(=O)c1OBOC. The van der Waals surface area contributed by atoms with E-state index in [4.69, 9.17) is 13.7 Å². The van der Waals surface area contributed by atoms with Crippen LogP contribution >= 0.6 is 0 Å². The van der Waals surface area contributed by atoms with Gasteiger partial charge in [0.25, 0.3) is 0 Å². The van der Waals surface area contributed by atoms with Crippen molar-refractivity contribution in [3.8, 4) is 5.75 Å². The third-order valence-electron chi connectivity index (χ3n) is 2.99. The lowest BCUT2D eigenvalue weighted by Gasteiger charge is -2.10. The molecule has 0 unspecified atom stereocenters. The van der Waals surface area contributed by atoms with Crippen LogP contribution in [0.1, 0.15) is 26.5 Å². The Kier molecular flexibility index (Phi) is 7.19. The maximum Gasteiger partial charge on any atom is 0.506 e. The van der Waals surface area contributed by atoms with Crippen molar-refractivity contribution in [1.29, 1.82) is 0 Å². The van der Waals surface area contributed by atoms with Gasteiger partial charge in [0.2, 0.25) is 5.43 Å². The minimum atomic E-state index is -0.222. The molecule has 0 saturated carbocycles. The van der Waals surface area contributed by atoms with Gasteiger partial charge in [-0.3, -0.25) is 4.79 Å². The predicted octanol–water partition coefficient (Wildman–Crippen LogP) is 1.68. The summed E-state index contributed by atoms with van der Waals surface area (Å²) < 4.78 is 16.3. The standard InChI is InChI=1S/C17H21BO4/c1-6-10-11-12(7-2)16-17(22-18-20-5)15(19)13(8-3)14(9-4)21-16/h6-11,18H,1H2,2-5H3/b11-10-,12-7+,13-8+,14-9+. The molecule has 0 fully saturated rings. The first-order valence-corrected chi connectivity index (χ1v) is 7.01. The quantitative estimate of drug-likeness (QED) is 0.592. The van der Waals surface area contributed by atoms with Gasteiger partial charge in [-0.15, -0.1) is 0 Å². The number of hydrogen-bond acceptors (Lipinski definition) is 4. The van der Waals surface area contributed by atoms with E-state index in [0.717, 1.165) is 5.57 Å². The minimum absolute atomic E-state index is 0.0295. The van der Waals surface area contributed by atoms with Crippen molar-refractivity contribution >= 4 is 25.4 Å². The molecule has 0 aliphatic carbocycles. The van der Waals surface area contributed by atoms with Crippen LogP contribution in [0.25, 0.3) is 17.7 Å². The molecular weight excluding hydrogens is 279 g/mol. The Morgan fingerprint density at radius 3 is 2.50 bits per heavy atom. The van der Waals surface area contributed by atoms with Gasteiger partial charge >= 0.3 is 7.69 Å². The van der Waals surface area contributed by atoms with E-state index in [9.17, 15) is 4.79 Å². The van der Waals surface area contributed by atoms with Crippen molar-refractivity contribution in [1.82, 2.24) is 0 Å². The van der Waals surface area contributed by atoms with E-state index in [2.05, 4.69) is 6.58 Å². The Labute approximate surface area is 131 Å². The van der Waals surface area contributed by atoms with Crippen LogP contribution in [0.15, 0.2) is 40.1 Å². The summed E-state index contributed by atoms with van der Waals surface area (Å²) in [6.07, 6.45) is 10.5. The first-order valence-electron chi connectivity index (χ1n) is 7.01. The molecule has 1 aromatic heterocycles. The molecule has 22 heavy (non-hydrogen) atoms. The summed E-state index contributed by atoms with van der Waals surface area (Å²) in [5.41, 5.74) is 1.02. The third kappa shape index (κ3) is 3.89. The molecule has 0 aliphatic heterocycles. The largest absolute Gasteiger partial charge is 0.533 e. The molecular formula is C17H21BO4. The summed E-state index contributed by atoms with van der Waals surface area (Å²) in [5, 5.41) is 0.473. The van der Waals surface area contributed by atoms with Crippen LogP contribution in [0, 0.1) is 0 Å². The molecule has 0 radical (unpaired) electrons. The van der Waals surface area contributed by atoms with Crippen molar-refractivity contribution < 1.29 is 13.7 Å². The van der Waals surface area contributed by atoms with Gasteiger partial charge in [-0.05, 0) is 26.8 Å². The van der Waals surface area contributed by atoms with Crippen LogP contribution in [0.3, 0.4) is 0 Å². The predicted molar refractivity (Wildman–Crippen MR) is 92.3 cm³/mol. The Morgan fingerprint density at radius 2 is 2.00 bits per heavy atom. The van der Waals surface area contributed by atoms with Crippen molar-refractivity contribution in [2.45, 2.75) is 20.8 Å². The van der Waals surface area contributed by atoms with E-state index >= 15 is 0 Å². The normalized spacial score (nSPS) is 13.7. The molecule has 0 bridgehead atoms. The summed E-state index contributed by atoms with van der Waals surface area (Å²) in [5.74, 6) is 0.517. The second-order valence-corrected chi connectivity index (χ2v) is 4.33. The Hall–Kier alpha value is -2.27. The van der Waals surface area contributed by atoms with E-state index in [1.807, 2.05) is 19.9 Å². The topological polar surface area (TPSA) is 48.7 Å². The lowest BCUT2D eigenvalue weighted by atomic mass is 10.1. The molecule has 116 valence electrons. The van der Waals surface area contributed by atoms with Crippen LogP contribution < -0.4 is 20.7 Å². The molecule has 0 aliphatic rings. The fourth-order valence-corrected chi connectivity index (χ4v) is 1.95. The van der Waals surface area contributed by atoms with Crippen LogP contribution in [-0.4, -0.2) is 14.8 Å². The Morgan fingerprint density at radius 1 is 1.27 bits per heavy atom. The van der Waals surface area contributed by atoms with Crippen molar-refractivity contribution in [3.05, 3.63) is 57.5 Å². The van der Waals surface area contributed by atoms with Gasteiger partial charge in [0.1, 0.15) is 5.42 Å². The number of allylic oxidation sites excluding steroid dienone is 5. The first kappa shape index (κ1) is 17.8. The lowest BCUT2D eigenvalue weighted by molar-refractivity contribution is 0.354. The van der Waals surface area contributed by atoms with Gasteiger partial charge in [-0.2, -0.15) is 0 Å². The molecule has 1 aromatic rings. The molecule has 5 heteroatoms. The van der Waals surface area contributed by atoms with Gasteiger partial charge in [-0.1, -0.05) is 37.0 Å². The highest BCUT2D eigenvalue weighted by Gasteiger charge is 2.16. The van der Waals surface area contributed by atoms with Crippen LogP contribution in [0.5, 0.6) is 5.75 Å². The fourth-order valence-electron chi connectivity index (χ4n) is 1.95. The maximum absolute atomic E-state index is 12.6. The smallest absolute Gasteiger partial charge is 0.506 e. The van der Waals surface area contributed by atoms with E-state index in [1.54, 1.807) is 37.3 Å². The number of rotatable bonds is 6. The first-order chi connectivity index (χ1) is 10.6. The maximum atomic E-state index is 12.6. The molecule has 0 saturated heterocycles. The third-order valence-corrected chi connectivity index (χ3v) is 2.99. The molecule has 0 amide bonds. The van der Waals surface area contributed by atoms with Gasteiger partial charge in [0.05, 0.1) is 5.22 Å². The van der Waals surface area contributed by atoms with Crippen molar-refractivity contribution in [3.63, 3.8) is 0 Å². The molecule has 1 rings (SSSR count). The summed E-state index contributed by atoms with van der Waals surface area (Å²) in [7, 11) is 1.47. The molecule has 0 spiro atoms. The lowest BCUT2D eigenvalue weighted by Crippen LogP contribution is -2.40.